The molecule has 0 aliphatic heterocycles. The van der Waals surface area contributed by atoms with Gasteiger partial charge in [-0.3, -0.25) is 0 Å². The normalized spacial score (nSPS) is 12.3. The van der Waals surface area contributed by atoms with E-state index in [0.29, 0.717) is 22.6 Å². The Balaban J connectivity index is 1.78. The monoisotopic (exact) mass is 384 g/mol. The van der Waals surface area contributed by atoms with E-state index in [1.54, 1.807) is 23.5 Å². The van der Waals surface area contributed by atoms with E-state index in [2.05, 4.69) is 26.1 Å². The Kier molecular flexibility index (Phi) is 4.28. The first-order chi connectivity index (χ1) is 10.1. The van der Waals surface area contributed by atoms with Crippen LogP contribution in [0.4, 0.5) is 0 Å². The molecule has 0 unspecified atom stereocenters. The molecule has 0 radical (unpaired) electrons. The minimum Gasteiger partial charge on any atom is -0.479 e. The lowest BCUT2D eigenvalue weighted by Gasteiger charge is -2.12. The van der Waals surface area contributed by atoms with Crippen LogP contribution in [0.15, 0.2) is 44.6 Å². The van der Waals surface area contributed by atoms with Gasteiger partial charge in [-0.2, -0.15) is 0 Å². The first-order valence-electron chi connectivity index (χ1n) is 6.12. The zero-order valence-electron chi connectivity index (χ0n) is 10.9. The first-order valence-corrected chi connectivity index (χ1v) is 8.17. The van der Waals surface area contributed by atoms with Crippen molar-refractivity contribution in [2.75, 3.05) is 0 Å². The van der Waals surface area contributed by atoms with Gasteiger partial charge in [-0.1, -0.05) is 33.6 Å². The van der Waals surface area contributed by atoms with Crippen molar-refractivity contribution < 1.29 is 9.15 Å². The molecule has 1 atom stereocenters. The number of ether oxygens (including phenoxy) is 1. The molecule has 2 heterocycles. The summed E-state index contributed by atoms with van der Waals surface area (Å²) in [4.78, 5) is 0.933. The van der Waals surface area contributed by atoms with E-state index in [0.717, 1.165) is 9.35 Å². The van der Waals surface area contributed by atoms with Gasteiger partial charge < -0.3 is 9.15 Å². The predicted octanol–water partition coefficient (Wildman–Crippen LogP) is 5.35. The summed E-state index contributed by atoms with van der Waals surface area (Å²) in [5.41, 5.74) is 0. The summed E-state index contributed by atoms with van der Waals surface area (Å²) in [5, 5.41) is 10.5. The number of rotatable bonds is 4. The second kappa shape index (κ2) is 6.17. The molecule has 108 valence electrons. The molecule has 3 rings (SSSR count). The maximum Gasteiger partial charge on any atom is 0.257 e. The highest BCUT2D eigenvalue weighted by atomic mass is 79.9. The zero-order valence-corrected chi connectivity index (χ0v) is 14.1. The third kappa shape index (κ3) is 3.28. The highest BCUT2D eigenvalue weighted by Gasteiger charge is 2.18. The van der Waals surface area contributed by atoms with Crippen molar-refractivity contribution in [3.05, 3.63) is 51.1 Å². The molecule has 0 amide bonds. The van der Waals surface area contributed by atoms with Crippen LogP contribution in [0, 0.1) is 0 Å². The van der Waals surface area contributed by atoms with Crippen LogP contribution in [0.1, 0.15) is 18.9 Å². The van der Waals surface area contributed by atoms with Gasteiger partial charge in [-0.05, 0) is 36.6 Å². The summed E-state index contributed by atoms with van der Waals surface area (Å²) in [5.74, 6) is 1.48. The van der Waals surface area contributed by atoms with Crippen LogP contribution >= 0.6 is 38.9 Å². The van der Waals surface area contributed by atoms with Gasteiger partial charge in [0, 0.05) is 4.47 Å². The number of hydrogen-bond acceptors (Lipinski definition) is 5. The van der Waals surface area contributed by atoms with Crippen molar-refractivity contribution in [2.24, 2.45) is 0 Å². The maximum absolute atomic E-state index is 6.13. The SMILES string of the molecule is C[C@H](Oc1ccc(Br)cc1Cl)c1nnc(-c2cccs2)o1. The average Bonchev–Trinajstić information content (AvgIpc) is 3.10. The predicted molar refractivity (Wildman–Crippen MR) is 85.8 cm³/mol. The Morgan fingerprint density at radius 2 is 2.19 bits per heavy atom. The fourth-order valence-electron chi connectivity index (χ4n) is 1.71. The van der Waals surface area contributed by atoms with Crippen LogP contribution in [0.25, 0.3) is 10.8 Å². The van der Waals surface area contributed by atoms with E-state index in [-0.39, 0.29) is 6.10 Å². The molecule has 2 aromatic heterocycles. The molecule has 0 saturated heterocycles. The van der Waals surface area contributed by atoms with Gasteiger partial charge in [0.2, 0.25) is 0 Å². The smallest absolute Gasteiger partial charge is 0.257 e. The summed E-state index contributed by atoms with van der Waals surface area (Å²) in [6.45, 7) is 1.84. The molecule has 7 heteroatoms. The minimum absolute atomic E-state index is 0.384. The number of nitrogens with zero attached hydrogens (tertiary/aromatic N) is 2. The zero-order chi connectivity index (χ0) is 14.8. The lowest BCUT2D eigenvalue weighted by Crippen LogP contribution is -2.03. The Morgan fingerprint density at radius 1 is 1.33 bits per heavy atom. The van der Waals surface area contributed by atoms with Crippen molar-refractivity contribution in [3.8, 4) is 16.5 Å². The van der Waals surface area contributed by atoms with Gasteiger partial charge >= 0.3 is 0 Å². The van der Waals surface area contributed by atoms with Crippen molar-refractivity contribution in [3.63, 3.8) is 0 Å². The molecule has 3 aromatic rings. The molecule has 4 nitrogen and oxygen atoms in total. The molecule has 0 N–H and O–H groups in total. The molecular formula is C14H10BrClN2O2S. The molecule has 0 bridgehead atoms. The Bertz CT molecular complexity index is 745. The second-order valence-electron chi connectivity index (χ2n) is 4.26. The van der Waals surface area contributed by atoms with Crippen molar-refractivity contribution in [2.45, 2.75) is 13.0 Å². The Hall–Kier alpha value is -1.37. The van der Waals surface area contributed by atoms with Crippen LogP contribution in [-0.4, -0.2) is 10.2 Å². The van der Waals surface area contributed by atoms with E-state index >= 15 is 0 Å². The third-order valence-corrected chi connectivity index (χ3v) is 4.36. The quantitative estimate of drug-likeness (QED) is 0.607. The molecule has 21 heavy (non-hydrogen) atoms. The molecule has 0 fully saturated rings. The Labute approximate surface area is 138 Å². The highest BCUT2D eigenvalue weighted by molar-refractivity contribution is 9.10. The van der Waals surface area contributed by atoms with Gasteiger partial charge in [0.25, 0.3) is 11.8 Å². The van der Waals surface area contributed by atoms with Gasteiger partial charge in [0.05, 0.1) is 9.90 Å². The van der Waals surface area contributed by atoms with Gasteiger partial charge in [-0.25, -0.2) is 0 Å². The van der Waals surface area contributed by atoms with Crippen molar-refractivity contribution >= 4 is 38.9 Å². The first kappa shape index (κ1) is 14.6. The molecule has 0 spiro atoms. The molecular weight excluding hydrogens is 376 g/mol. The largest absolute Gasteiger partial charge is 0.479 e. The highest BCUT2D eigenvalue weighted by Crippen LogP contribution is 2.32. The van der Waals surface area contributed by atoms with Crippen molar-refractivity contribution in [1.82, 2.24) is 10.2 Å². The topological polar surface area (TPSA) is 48.2 Å². The van der Waals surface area contributed by atoms with Crippen LogP contribution in [0.2, 0.25) is 5.02 Å². The number of aromatic nitrogens is 2. The lowest BCUT2D eigenvalue weighted by molar-refractivity contribution is 0.190. The van der Waals surface area contributed by atoms with Gasteiger partial charge in [0.1, 0.15) is 5.75 Å². The van der Waals surface area contributed by atoms with Crippen LogP contribution in [0.5, 0.6) is 5.75 Å². The fraction of sp³-hybridized carbons (Fsp3) is 0.143. The lowest BCUT2D eigenvalue weighted by atomic mass is 10.3. The molecule has 1 aromatic carbocycles. The second-order valence-corrected chi connectivity index (χ2v) is 6.53. The number of benzene rings is 1. The van der Waals surface area contributed by atoms with Crippen LogP contribution < -0.4 is 4.74 Å². The van der Waals surface area contributed by atoms with Crippen LogP contribution in [-0.2, 0) is 0 Å². The fourth-order valence-corrected chi connectivity index (χ4v) is 3.07. The number of hydrogen-bond donors (Lipinski definition) is 0. The maximum atomic E-state index is 6.13. The summed E-state index contributed by atoms with van der Waals surface area (Å²) in [6.07, 6.45) is -0.384. The summed E-state index contributed by atoms with van der Waals surface area (Å²) in [7, 11) is 0. The molecule has 0 saturated carbocycles. The summed E-state index contributed by atoms with van der Waals surface area (Å²) < 4.78 is 12.3. The number of thiophene rings is 1. The van der Waals surface area contributed by atoms with E-state index in [1.165, 1.54) is 0 Å². The summed E-state index contributed by atoms with van der Waals surface area (Å²) in [6, 6.07) is 9.29. The minimum atomic E-state index is -0.384. The summed E-state index contributed by atoms with van der Waals surface area (Å²) >= 11 is 11.0. The van der Waals surface area contributed by atoms with Crippen molar-refractivity contribution in [1.29, 1.82) is 0 Å². The third-order valence-electron chi connectivity index (χ3n) is 2.72. The average molecular weight is 386 g/mol. The van der Waals surface area contributed by atoms with Gasteiger partial charge in [-0.15, -0.1) is 21.5 Å². The molecule has 0 aliphatic rings. The number of halogens is 2. The van der Waals surface area contributed by atoms with E-state index in [4.69, 9.17) is 20.8 Å². The van der Waals surface area contributed by atoms with Crippen LogP contribution in [0.3, 0.4) is 0 Å². The van der Waals surface area contributed by atoms with E-state index < -0.39 is 0 Å². The van der Waals surface area contributed by atoms with E-state index in [9.17, 15) is 0 Å². The standard InChI is InChI=1S/C14H10BrClN2O2S/c1-8(19-11-5-4-9(15)7-10(11)16)13-17-18-14(20-13)12-3-2-6-21-12/h2-8H,1H3/t8-/m0/s1. The van der Waals surface area contributed by atoms with Gasteiger partial charge in [0.15, 0.2) is 6.10 Å². The molecule has 0 aliphatic carbocycles. The van der Waals surface area contributed by atoms with E-state index in [1.807, 2.05) is 30.5 Å². The Morgan fingerprint density at radius 3 is 2.90 bits per heavy atom.